The Bertz CT molecular complexity index is 580. The minimum absolute atomic E-state index is 0.0693. The van der Waals surface area contributed by atoms with Crippen LogP contribution >= 0.6 is 0 Å². The molecule has 0 amide bonds. The van der Waals surface area contributed by atoms with Gasteiger partial charge >= 0.3 is 0 Å². The van der Waals surface area contributed by atoms with E-state index in [1.165, 1.54) is 18.2 Å². The number of rotatable bonds is 5. The first-order valence-electron chi connectivity index (χ1n) is 7.33. The lowest BCUT2D eigenvalue weighted by Gasteiger charge is -2.35. The van der Waals surface area contributed by atoms with Crippen molar-refractivity contribution in [2.24, 2.45) is 5.92 Å². The van der Waals surface area contributed by atoms with Gasteiger partial charge in [0, 0.05) is 6.54 Å². The Hall–Kier alpha value is -0.980. The SMILES string of the molecule is CCC1CCC(O)(CNS(=O)(=O)c2ccccc2F)CC1. The molecule has 0 saturated heterocycles. The number of sulfonamides is 1. The minimum atomic E-state index is -3.93. The van der Waals surface area contributed by atoms with E-state index in [0.717, 1.165) is 25.3 Å². The van der Waals surface area contributed by atoms with Gasteiger partial charge in [-0.25, -0.2) is 17.5 Å². The summed E-state index contributed by atoms with van der Waals surface area (Å²) in [5, 5.41) is 10.4. The summed E-state index contributed by atoms with van der Waals surface area (Å²) in [5.74, 6) is -0.180. The number of benzene rings is 1. The fraction of sp³-hybridized carbons (Fsp3) is 0.600. The molecule has 118 valence electrons. The van der Waals surface area contributed by atoms with Crippen LogP contribution in [-0.2, 0) is 10.0 Å². The summed E-state index contributed by atoms with van der Waals surface area (Å²) in [7, 11) is -3.93. The van der Waals surface area contributed by atoms with Gasteiger partial charge in [-0.2, -0.15) is 0 Å². The molecule has 2 rings (SSSR count). The van der Waals surface area contributed by atoms with E-state index in [2.05, 4.69) is 11.6 Å². The van der Waals surface area contributed by atoms with Gasteiger partial charge < -0.3 is 5.11 Å². The summed E-state index contributed by atoms with van der Waals surface area (Å²) in [4.78, 5) is -0.379. The average molecular weight is 315 g/mol. The van der Waals surface area contributed by atoms with Gasteiger partial charge in [0.25, 0.3) is 0 Å². The quantitative estimate of drug-likeness (QED) is 0.877. The zero-order chi connectivity index (χ0) is 15.5. The highest BCUT2D eigenvalue weighted by molar-refractivity contribution is 7.89. The first-order chi connectivity index (χ1) is 9.86. The van der Waals surface area contributed by atoms with Crippen molar-refractivity contribution in [1.29, 1.82) is 0 Å². The van der Waals surface area contributed by atoms with Crippen LogP contribution in [0.4, 0.5) is 4.39 Å². The number of halogens is 1. The van der Waals surface area contributed by atoms with E-state index < -0.39 is 21.4 Å². The predicted molar refractivity (Wildman–Crippen MR) is 78.8 cm³/mol. The molecule has 0 aliphatic heterocycles. The first-order valence-corrected chi connectivity index (χ1v) is 8.81. The van der Waals surface area contributed by atoms with Gasteiger partial charge in [-0.15, -0.1) is 0 Å². The molecule has 0 aromatic heterocycles. The van der Waals surface area contributed by atoms with E-state index in [1.807, 2.05) is 0 Å². The van der Waals surface area contributed by atoms with Gasteiger partial charge in [-0.3, -0.25) is 0 Å². The second-order valence-electron chi connectivity index (χ2n) is 5.83. The maximum Gasteiger partial charge on any atom is 0.243 e. The molecule has 21 heavy (non-hydrogen) atoms. The molecule has 1 aromatic carbocycles. The van der Waals surface area contributed by atoms with E-state index in [1.54, 1.807) is 0 Å². The Kier molecular flexibility index (Phi) is 5.01. The van der Waals surface area contributed by atoms with E-state index in [4.69, 9.17) is 0 Å². The molecule has 1 aromatic rings. The summed E-state index contributed by atoms with van der Waals surface area (Å²) in [6, 6.07) is 5.23. The van der Waals surface area contributed by atoms with Crippen LogP contribution in [0.25, 0.3) is 0 Å². The van der Waals surface area contributed by atoms with Crippen molar-refractivity contribution < 1.29 is 17.9 Å². The summed E-state index contributed by atoms with van der Waals surface area (Å²) >= 11 is 0. The summed E-state index contributed by atoms with van der Waals surface area (Å²) in [6.07, 6.45) is 4.02. The third-order valence-corrected chi connectivity index (χ3v) is 5.77. The second kappa shape index (κ2) is 6.42. The van der Waals surface area contributed by atoms with Crippen LogP contribution < -0.4 is 4.72 Å². The van der Waals surface area contributed by atoms with Crippen molar-refractivity contribution in [3.63, 3.8) is 0 Å². The van der Waals surface area contributed by atoms with Crippen molar-refractivity contribution in [3.05, 3.63) is 30.1 Å². The van der Waals surface area contributed by atoms with E-state index in [9.17, 15) is 17.9 Å². The zero-order valence-electron chi connectivity index (χ0n) is 12.2. The number of aliphatic hydroxyl groups is 1. The molecule has 0 unspecified atom stereocenters. The van der Waals surface area contributed by atoms with Crippen LogP contribution in [0, 0.1) is 11.7 Å². The number of hydrogen-bond donors (Lipinski definition) is 2. The monoisotopic (exact) mass is 315 g/mol. The maximum atomic E-state index is 13.6. The Morgan fingerprint density at radius 3 is 2.52 bits per heavy atom. The van der Waals surface area contributed by atoms with Crippen LogP contribution in [0.1, 0.15) is 39.0 Å². The highest BCUT2D eigenvalue weighted by atomic mass is 32.2. The molecule has 1 aliphatic carbocycles. The lowest BCUT2D eigenvalue weighted by Crippen LogP contribution is -2.45. The average Bonchev–Trinajstić information content (AvgIpc) is 2.47. The second-order valence-corrected chi connectivity index (χ2v) is 7.57. The van der Waals surface area contributed by atoms with E-state index >= 15 is 0 Å². The third-order valence-electron chi connectivity index (χ3n) is 4.33. The molecule has 0 heterocycles. The molecular weight excluding hydrogens is 293 g/mol. The van der Waals surface area contributed by atoms with Crippen LogP contribution in [0.5, 0.6) is 0 Å². The standard InChI is InChI=1S/C15H22FNO3S/c1-2-12-7-9-15(18,10-8-12)11-17-21(19,20)14-6-4-3-5-13(14)16/h3-6,12,17-18H,2,7-11H2,1H3. The number of nitrogens with one attached hydrogen (secondary N) is 1. The van der Waals surface area contributed by atoms with Gasteiger partial charge in [-0.05, 0) is 43.7 Å². The van der Waals surface area contributed by atoms with Gasteiger partial charge in [0.15, 0.2) is 0 Å². The summed E-state index contributed by atoms with van der Waals surface area (Å²) in [6.45, 7) is 2.05. The largest absolute Gasteiger partial charge is 0.389 e. The van der Waals surface area contributed by atoms with Crippen LogP contribution in [0.2, 0.25) is 0 Å². The normalized spacial score (nSPS) is 26.7. The van der Waals surface area contributed by atoms with Gasteiger partial charge in [0.2, 0.25) is 10.0 Å². The molecule has 0 radical (unpaired) electrons. The molecule has 1 fully saturated rings. The van der Waals surface area contributed by atoms with Crippen molar-refractivity contribution in [3.8, 4) is 0 Å². The van der Waals surface area contributed by atoms with Crippen molar-refractivity contribution in [2.75, 3.05) is 6.54 Å². The van der Waals surface area contributed by atoms with Crippen LogP contribution in [0.15, 0.2) is 29.2 Å². The molecule has 0 spiro atoms. The lowest BCUT2D eigenvalue weighted by molar-refractivity contribution is -0.00443. The highest BCUT2D eigenvalue weighted by Crippen LogP contribution is 2.33. The van der Waals surface area contributed by atoms with Gasteiger partial charge in [0.05, 0.1) is 5.60 Å². The number of hydrogen-bond acceptors (Lipinski definition) is 3. The highest BCUT2D eigenvalue weighted by Gasteiger charge is 2.34. The maximum absolute atomic E-state index is 13.6. The van der Waals surface area contributed by atoms with Crippen LogP contribution in [0.3, 0.4) is 0 Å². The van der Waals surface area contributed by atoms with Gasteiger partial charge in [0.1, 0.15) is 10.7 Å². The molecule has 4 nitrogen and oxygen atoms in total. The van der Waals surface area contributed by atoms with E-state index in [0.29, 0.717) is 18.8 Å². The van der Waals surface area contributed by atoms with E-state index in [-0.39, 0.29) is 11.4 Å². The Labute approximate surface area is 125 Å². The molecule has 6 heteroatoms. The summed E-state index contributed by atoms with van der Waals surface area (Å²) < 4.78 is 40.1. The topological polar surface area (TPSA) is 66.4 Å². The molecule has 1 saturated carbocycles. The smallest absolute Gasteiger partial charge is 0.243 e. The summed E-state index contributed by atoms with van der Waals surface area (Å²) in [5.41, 5.74) is -1.02. The Balaban J connectivity index is 2.01. The predicted octanol–water partition coefficient (Wildman–Crippen LogP) is 2.44. The fourth-order valence-corrected chi connectivity index (χ4v) is 3.97. The minimum Gasteiger partial charge on any atom is -0.389 e. The van der Waals surface area contributed by atoms with Crippen molar-refractivity contribution >= 4 is 10.0 Å². The van der Waals surface area contributed by atoms with Crippen LogP contribution in [-0.4, -0.2) is 25.7 Å². The Morgan fingerprint density at radius 2 is 1.95 bits per heavy atom. The molecular formula is C15H22FNO3S. The van der Waals surface area contributed by atoms with Crippen molar-refractivity contribution in [1.82, 2.24) is 4.72 Å². The van der Waals surface area contributed by atoms with Crippen molar-refractivity contribution in [2.45, 2.75) is 49.5 Å². The Morgan fingerprint density at radius 1 is 1.33 bits per heavy atom. The molecule has 0 bridgehead atoms. The lowest BCUT2D eigenvalue weighted by atomic mass is 9.78. The molecule has 0 atom stereocenters. The fourth-order valence-electron chi connectivity index (χ4n) is 2.77. The molecule has 2 N–H and O–H groups in total. The molecule has 1 aliphatic rings. The zero-order valence-corrected chi connectivity index (χ0v) is 13.0. The first kappa shape index (κ1) is 16.4. The third kappa shape index (κ3) is 4.02. The van der Waals surface area contributed by atoms with Gasteiger partial charge in [-0.1, -0.05) is 25.5 Å².